The quantitative estimate of drug-likeness (QED) is 0.632. The highest BCUT2D eigenvalue weighted by Crippen LogP contribution is 2.33. The molecule has 0 unspecified atom stereocenters. The third kappa shape index (κ3) is 2.97. The first-order valence-electron chi connectivity index (χ1n) is 4.63. The van der Waals surface area contributed by atoms with E-state index in [1.165, 1.54) is 13.0 Å². The number of hydrogen-bond acceptors (Lipinski definition) is 4. The summed E-state index contributed by atoms with van der Waals surface area (Å²) in [6.07, 6.45) is 0. The molecular weight excluding hydrogens is 274 g/mol. The number of ether oxygens (including phenoxy) is 2. The molecule has 5 heteroatoms. The van der Waals surface area contributed by atoms with Gasteiger partial charge in [-0.2, -0.15) is 5.26 Å². The molecule has 0 atom stereocenters. The van der Waals surface area contributed by atoms with Gasteiger partial charge in [-0.25, -0.2) is 0 Å². The minimum Gasteiger partial charge on any atom is -0.490 e. The Kier molecular flexibility index (Phi) is 4.32. The topological polar surface area (TPSA) is 59.3 Å². The van der Waals surface area contributed by atoms with Gasteiger partial charge in [0.2, 0.25) is 0 Å². The zero-order valence-electron chi connectivity index (χ0n) is 8.91. The van der Waals surface area contributed by atoms with Crippen molar-refractivity contribution in [2.45, 2.75) is 13.8 Å². The van der Waals surface area contributed by atoms with Crippen LogP contribution in [0.25, 0.3) is 0 Å². The lowest BCUT2D eigenvalue weighted by Crippen LogP contribution is -2.04. The van der Waals surface area contributed by atoms with Crippen molar-refractivity contribution in [2.24, 2.45) is 0 Å². The third-order valence-electron chi connectivity index (χ3n) is 1.71. The third-order valence-corrected chi connectivity index (χ3v) is 2.36. The predicted molar refractivity (Wildman–Crippen MR) is 61.3 cm³/mol. The SMILES string of the molecule is CCOc1cc(C#N)c(Br)cc1OC(C)=O. The Morgan fingerprint density at radius 2 is 2.19 bits per heavy atom. The van der Waals surface area contributed by atoms with Crippen LogP contribution in [-0.4, -0.2) is 12.6 Å². The van der Waals surface area contributed by atoms with E-state index in [1.54, 1.807) is 6.07 Å². The molecular formula is C11H10BrNO3. The van der Waals surface area contributed by atoms with Gasteiger partial charge in [0, 0.05) is 23.5 Å². The molecule has 1 aromatic carbocycles. The van der Waals surface area contributed by atoms with Gasteiger partial charge in [-0.05, 0) is 22.9 Å². The highest BCUT2D eigenvalue weighted by molar-refractivity contribution is 9.10. The van der Waals surface area contributed by atoms with Crippen LogP contribution in [0, 0.1) is 11.3 Å². The van der Waals surface area contributed by atoms with Crippen LogP contribution in [0.15, 0.2) is 16.6 Å². The fourth-order valence-corrected chi connectivity index (χ4v) is 1.53. The summed E-state index contributed by atoms with van der Waals surface area (Å²) in [5.74, 6) is 0.259. The second kappa shape index (κ2) is 5.52. The number of nitrogens with zero attached hydrogens (tertiary/aromatic N) is 1. The van der Waals surface area contributed by atoms with E-state index < -0.39 is 5.97 Å². The molecule has 1 aromatic rings. The Bertz CT molecular complexity index is 451. The van der Waals surface area contributed by atoms with E-state index in [-0.39, 0.29) is 0 Å². The van der Waals surface area contributed by atoms with E-state index in [4.69, 9.17) is 14.7 Å². The summed E-state index contributed by atoms with van der Waals surface area (Å²) in [6, 6.07) is 5.09. The van der Waals surface area contributed by atoms with Gasteiger partial charge >= 0.3 is 5.97 Å². The zero-order chi connectivity index (χ0) is 12.1. The molecule has 0 aromatic heterocycles. The van der Waals surface area contributed by atoms with Crippen molar-refractivity contribution in [2.75, 3.05) is 6.61 Å². The van der Waals surface area contributed by atoms with Gasteiger partial charge in [0.15, 0.2) is 11.5 Å². The van der Waals surface area contributed by atoms with E-state index >= 15 is 0 Å². The largest absolute Gasteiger partial charge is 0.490 e. The number of hydrogen-bond donors (Lipinski definition) is 0. The molecule has 0 bridgehead atoms. The maximum atomic E-state index is 10.9. The lowest BCUT2D eigenvalue weighted by Gasteiger charge is -2.10. The van der Waals surface area contributed by atoms with Crippen molar-refractivity contribution < 1.29 is 14.3 Å². The van der Waals surface area contributed by atoms with Crippen molar-refractivity contribution in [3.8, 4) is 17.6 Å². The second-order valence-corrected chi connectivity index (χ2v) is 3.77. The monoisotopic (exact) mass is 283 g/mol. The molecule has 84 valence electrons. The standard InChI is InChI=1S/C11H10BrNO3/c1-3-15-10-4-8(6-13)9(12)5-11(10)16-7(2)14/h4-5H,3H2,1-2H3. The molecule has 16 heavy (non-hydrogen) atoms. The van der Waals surface area contributed by atoms with Gasteiger partial charge in [-0.1, -0.05) is 0 Å². The fraction of sp³-hybridized carbons (Fsp3) is 0.273. The Labute approximate surface area is 102 Å². The number of benzene rings is 1. The molecule has 0 aliphatic carbocycles. The van der Waals surface area contributed by atoms with Crippen LogP contribution in [0.1, 0.15) is 19.4 Å². The summed E-state index contributed by atoms with van der Waals surface area (Å²) >= 11 is 3.21. The number of esters is 1. The molecule has 0 saturated carbocycles. The maximum Gasteiger partial charge on any atom is 0.308 e. The van der Waals surface area contributed by atoms with Gasteiger partial charge in [0.25, 0.3) is 0 Å². The molecule has 0 saturated heterocycles. The molecule has 0 aliphatic heterocycles. The number of nitriles is 1. The molecule has 1 rings (SSSR count). The van der Waals surface area contributed by atoms with Crippen LogP contribution in [0.5, 0.6) is 11.5 Å². The summed E-state index contributed by atoms with van der Waals surface area (Å²) < 4.78 is 10.8. The minimum absolute atomic E-state index is 0.306. The van der Waals surface area contributed by atoms with E-state index in [0.29, 0.717) is 28.1 Å². The first kappa shape index (κ1) is 12.5. The van der Waals surface area contributed by atoms with E-state index in [2.05, 4.69) is 15.9 Å². The molecule has 0 radical (unpaired) electrons. The number of rotatable bonds is 3. The van der Waals surface area contributed by atoms with E-state index in [9.17, 15) is 4.79 Å². The van der Waals surface area contributed by atoms with Crippen LogP contribution in [0.4, 0.5) is 0 Å². The first-order chi connectivity index (χ1) is 7.58. The summed E-state index contributed by atoms with van der Waals surface area (Å²) in [5, 5.41) is 8.84. The Hall–Kier alpha value is -1.54. The van der Waals surface area contributed by atoms with Crippen LogP contribution in [-0.2, 0) is 4.79 Å². The Morgan fingerprint density at radius 1 is 1.50 bits per heavy atom. The van der Waals surface area contributed by atoms with Crippen molar-refractivity contribution in [1.82, 2.24) is 0 Å². The minimum atomic E-state index is -0.433. The number of carbonyl (C=O) groups is 1. The summed E-state index contributed by atoms with van der Waals surface area (Å²) in [4.78, 5) is 10.9. The van der Waals surface area contributed by atoms with Crippen LogP contribution in [0.3, 0.4) is 0 Å². The summed E-state index contributed by atoms with van der Waals surface area (Å²) in [7, 11) is 0. The molecule has 0 N–H and O–H groups in total. The van der Waals surface area contributed by atoms with Crippen molar-refractivity contribution in [3.63, 3.8) is 0 Å². The molecule has 0 heterocycles. The maximum absolute atomic E-state index is 10.9. The van der Waals surface area contributed by atoms with Gasteiger partial charge in [0.05, 0.1) is 12.2 Å². The molecule has 0 fully saturated rings. The first-order valence-corrected chi connectivity index (χ1v) is 5.42. The molecule has 0 spiro atoms. The van der Waals surface area contributed by atoms with Crippen molar-refractivity contribution in [3.05, 3.63) is 22.2 Å². The molecule has 0 aliphatic rings. The fourth-order valence-electron chi connectivity index (χ4n) is 1.12. The Balaban J connectivity index is 3.19. The molecule has 4 nitrogen and oxygen atoms in total. The van der Waals surface area contributed by atoms with Crippen LogP contribution >= 0.6 is 15.9 Å². The lowest BCUT2D eigenvalue weighted by atomic mass is 10.2. The van der Waals surface area contributed by atoms with Crippen molar-refractivity contribution >= 4 is 21.9 Å². The lowest BCUT2D eigenvalue weighted by molar-refractivity contribution is -0.132. The molecule has 0 amide bonds. The second-order valence-electron chi connectivity index (χ2n) is 2.92. The van der Waals surface area contributed by atoms with E-state index in [1.807, 2.05) is 13.0 Å². The Morgan fingerprint density at radius 3 is 2.69 bits per heavy atom. The van der Waals surface area contributed by atoms with Gasteiger partial charge in [0.1, 0.15) is 6.07 Å². The normalized spacial score (nSPS) is 9.38. The van der Waals surface area contributed by atoms with Crippen LogP contribution < -0.4 is 9.47 Å². The zero-order valence-corrected chi connectivity index (χ0v) is 10.5. The highest BCUT2D eigenvalue weighted by Gasteiger charge is 2.12. The number of halogens is 1. The van der Waals surface area contributed by atoms with Gasteiger partial charge in [-0.15, -0.1) is 0 Å². The average Bonchev–Trinajstić information content (AvgIpc) is 2.21. The summed E-state index contributed by atoms with van der Waals surface area (Å²) in [5.41, 5.74) is 0.430. The van der Waals surface area contributed by atoms with E-state index in [0.717, 1.165) is 0 Å². The summed E-state index contributed by atoms with van der Waals surface area (Å²) in [6.45, 7) is 3.55. The predicted octanol–water partition coefficient (Wildman–Crippen LogP) is 2.64. The number of carbonyl (C=O) groups excluding carboxylic acids is 1. The average molecular weight is 284 g/mol. The van der Waals surface area contributed by atoms with Gasteiger partial charge < -0.3 is 9.47 Å². The van der Waals surface area contributed by atoms with Gasteiger partial charge in [-0.3, -0.25) is 4.79 Å². The van der Waals surface area contributed by atoms with Crippen LogP contribution in [0.2, 0.25) is 0 Å². The van der Waals surface area contributed by atoms with Crippen molar-refractivity contribution in [1.29, 1.82) is 5.26 Å². The highest BCUT2D eigenvalue weighted by atomic mass is 79.9. The smallest absolute Gasteiger partial charge is 0.308 e.